The van der Waals surface area contributed by atoms with Gasteiger partial charge in [-0.15, -0.1) is 0 Å². The van der Waals surface area contributed by atoms with E-state index in [-0.39, 0.29) is 11.3 Å². The van der Waals surface area contributed by atoms with Gasteiger partial charge in [0.2, 0.25) is 5.91 Å². The first-order chi connectivity index (χ1) is 7.65. The van der Waals surface area contributed by atoms with Crippen molar-refractivity contribution in [1.82, 2.24) is 9.80 Å². The number of hydrogen-bond donors (Lipinski definition) is 0. The molecule has 0 aromatic carbocycles. The Balaban J connectivity index is 1.81. The molecule has 16 heavy (non-hydrogen) atoms. The summed E-state index contributed by atoms with van der Waals surface area (Å²) in [7, 11) is 0. The highest BCUT2D eigenvalue weighted by Gasteiger charge is 2.41. The van der Waals surface area contributed by atoms with E-state index in [4.69, 9.17) is 10.00 Å². The molecule has 5 nitrogen and oxygen atoms in total. The summed E-state index contributed by atoms with van der Waals surface area (Å²) >= 11 is 0. The largest absolute Gasteiger partial charge is 0.378 e. The molecule has 5 heteroatoms. The molecule has 0 spiro atoms. The van der Waals surface area contributed by atoms with Gasteiger partial charge in [-0.25, -0.2) is 0 Å². The van der Waals surface area contributed by atoms with Gasteiger partial charge < -0.3 is 9.64 Å². The molecule has 2 saturated heterocycles. The van der Waals surface area contributed by atoms with Crippen molar-refractivity contribution in [2.24, 2.45) is 5.41 Å². The SMILES string of the molecule is CC(=O)N1CCN(CC2(C#N)COC2)CC1. The maximum atomic E-state index is 11.1. The summed E-state index contributed by atoms with van der Waals surface area (Å²) in [6.07, 6.45) is 0. The minimum absolute atomic E-state index is 0.140. The lowest BCUT2D eigenvalue weighted by Gasteiger charge is -2.42. The van der Waals surface area contributed by atoms with Crippen LogP contribution in [0.2, 0.25) is 0 Å². The third-order valence-corrected chi connectivity index (χ3v) is 3.34. The van der Waals surface area contributed by atoms with Crippen LogP contribution in [0.25, 0.3) is 0 Å². The van der Waals surface area contributed by atoms with Crippen molar-refractivity contribution in [1.29, 1.82) is 5.26 Å². The van der Waals surface area contributed by atoms with Crippen molar-refractivity contribution < 1.29 is 9.53 Å². The maximum Gasteiger partial charge on any atom is 0.219 e. The van der Waals surface area contributed by atoms with Gasteiger partial charge in [-0.1, -0.05) is 0 Å². The van der Waals surface area contributed by atoms with Crippen molar-refractivity contribution in [3.63, 3.8) is 0 Å². The first-order valence-electron chi connectivity index (χ1n) is 5.62. The molecule has 2 aliphatic rings. The summed E-state index contributed by atoms with van der Waals surface area (Å²) in [6.45, 7) is 6.76. The van der Waals surface area contributed by atoms with Crippen molar-refractivity contribution in [2.45, 2.75) is 6.92 Å². The molecular weight excluding hydrogens is 206 g/mol. The number of nitrogens with zero attached hydrogens (tertiary/aromatic N) is 3. The van der Waals surface area contributed by atoms with E-state index < -0.39 is 0 Å². The molecule has 0 radical (unpaired) electrons. The summed E-state index contributed by atoms with van der Waals surface area (Å²) in [5, 5.41) is 9.09. The van der Waals surface area contributed by atoms with Gasteiger partial charge in [0.05, 0.1) is 19.3 Å². The zero-order valence-electron chi connectivity index (χ0n) is 9.61. The monoisotopic (exact) mass is 223 g/mol. The van der Waals surface area contributed by atoms with Crippen LogP contribution in [-0.2, 0) is 9.53 Å². The minimum Gasteiger partial charge on any atom is -0.378 e. The summed E-state index contributed by atoms with van der Waals surface area (Å²) < 4.78 is 5.12. The van der Waals surface area contributed by atoms with Crippen molar-refractivity contribution in [3.05, 3.63) is 0 Å². The van der Waals surface area contributed by atoms with E-state index in [1.54, 1.807) is 6.92 Å². The van der Waals surface area contributed by atoms with Gasteiger partial charge in [0.1, 0.15) is 5.41 Å². The molecule has 1 amide bonds. The fourth-order valence-electron chi connectivity index (χ4n) is 2.19. The van der Waals surface area contributed by atoms with E-state index in [1.807, 2.05) is 4.90 Å². The molecule has 88 valence electrons. The Labute approximate surface area is 95.6 Å². The molecule has 0 atom stereocenters. The Bertz CT molecular complexity index is 312. The van der Waals surface area contributed by atoms with Crippen molar-refractivity contribution in [3.8, 4) is 6.07 Å². The number of nitriles is 1. The van der Waals surface area contributed by atoms with Crippen molar-refractivity contribution in [2.75, 3.05) is 45.9 Å². The Morgan fingerprint density at radius 1 is 1.38 bits per heavy atom. The molecule has 2 heterocycles. The summed E-state index contributed by atoms with van der Waals surface area (Å²) in [4.78, 5) is 15.3. The molecule has 0 aromatic heterocycles. The highest BCUT2D eigenvalue weighted by Crippen LogP contribution is 2.27. The second-order valence-electron chi connectivity index (χ2n) is 4.67. The third kappa shape index (κ3) is 2.18. The van der Waals surface area contributed by atoms with Gasteiger partial charge in [0, 0.05) is 39.6 Å². The molecule has 2 fully saturated rings. The lowest BCUT2D eigenvalue weighted by atomic mass is 9.87. The molecule has 0 saturated carbocycles. The third-order valence-electron chi connectivity index (χ3n) is 3.34. The number of piperazine rings is 1. The van der Waals surface area contributed by atoms with E-state index in [0.717, 1.165) is 32.7 Å². The number of amides is 1. The highest BCUT2D eigenvalue weighted by molar-refractivity contribution is 5.73. The van der Waals surface area contributed by atoms with Crippen LogP contribution in [0.3, 0.4) is 0 Å². The highest BCUT2D eigenvalue weighted by atomic mass is 16.5. The number of carbonyl (C=O) groups is 1. The fourth-order valence-corrected chi connectivity index (χ4v) is 2.19. The van der Waals surface area contributed by atoms with E-state index in [2.05, 4.69) is 11.0 Å². The smallest absolute Gasteiger partial charge is 0.219 e. The van der Waals surface area contributed by atoms with Gasteiger partial charge in [-0.05, 0) is 0 Å². The number of hydrogen-bond acceptors (Lipinski definition) is 4. The Morgan fingerprint density at radius 3 is 2.38 bits per heavy atom. The number of carbonyl (C=O) groups excluding carboxylic acids is 1. The summed E-state index contributed by atoms with van der Waals surface area (Å²) in [6, 6.07) is 2.35. The van der Waals surface area contributed by atoms with Gasteiger partial charge in [-0.3, -0.25) is 9.69 Å². The first kappa shape index (κ1) is 11.4. The quantitative estimate of drug-likeness (QED) is 0.644. The van der Waals surface area contributed by atoms with Crippen LogP contribution >= 0.6 is 0 Å². The second-order valence-corrected chi connectivity index (χ2v) is 4.67. The van der Waals surface area contributed by atoms with E-state index in [1.165, 1.54) is 0 Å². The zero-order chi connectivity index (χ0) is 11.6. The van der Waals surface area contributed by atoms with Crippen LogP contribution < -0.4 is 0 Å². The molecule has 2 aliphatic heterocycles. The molecular formula is C11H17N3O2. The standard InChI is InChI=1S/C11H17N3O2/c1-10(15)14-4-2-13(3-5-14)7-11(6-12)8-16-9-11/h2-5,7-9H2,1H3. The average molecular weight is 223 g/mol. The first-order valence-corrected chi connectivity index (χ1v) is 5.62. The Morgan fingerprint density at radius 2 is 2.00 bits per heavy atom. The topological polar surface area (TPSA) is 56.6 Å². The molecule has 0 N–H and O–H groups in total. The minimum atomic E-state index is -0.293. The predicted molar refractivity (Wildman–Crippen MR) is 57.6 cm³/mol. The van der Waals surface area contributed by atoms with Gasteiger partial charge >= 0.3 is 0 Å². The lowest BCUT2D eigenvalue weighted by molar-refractivity contribution is -0.132. The normalized spacial score (nSPS) is 24.6. The Kier molecular flexibility index (Phi) is 3.13. The van der Waals surface area contributed by atoms with Crippen LogP contribution in [0.1, 0.15) is 6.92 Å². The summed E-state index contributed by atoms with van der Waals surface area (Å²) in [5.41, 5.74) is -0.293. The van der Waals surface area contributed by atoms with Crippen molar-refractivity contribution >= 4 is 5.91 Å². The van der Waals surface area contributed by atoms with E-state index in [9.17, 15) is 4.79 Å². The molecule has 0 unspecified atom stereocenters. The maximum absolute atomic E-state index is 11.1. The van der Waals surface area contributed by atoms with E-state index in [0.29, 0.717) is 13.2 Å². The molecule has 0 bridgehead atoms. The molecule has 2 rings (SSSR count). The summed E-state index contributed by atoms with van der Waals surface area (Å²) in [5.74, 6) is 0.140. The van der Waals surface area contributed by atoms with Crippen LogP contribution in [0.5, 0.6) is 0 Å². The van der Waals surface area contributed by atoms with E-state index >= 15 is 0 Å². The predicted octanol–water partition coefficient (Wildman–Crippen LogP) is -0.309. The zero-order valence-corrected chi connectivity index (χ0v) is 9.61. The van der Waals surface area contributed by atoms with Crippen LogP contribution in [0.15, 0.2) is 0 Å². The molecule has 0 aromatic rings. The van der Waals surface area contributed by atoms with Gasteiger partial charge in [-0.2, -0.15) is 5.26 Å². The lowest BCUT2D eigenvalue weighted by Crippen LogP contribution is -2.55. The second kappa shape index (κ2) is 4.40. The van der Waals surface area contributed by atoms with Gasteiger partial charge in [0.25, 0.3) is 0 Å². The fraction of sp³-hybridized carbons (Fsp3) is 0.818. The average Bonchev–Trinajstić information content (AvgIpc) is 2.24. The van der Waals surface area contributed by atoms with Crippen LogP contribution in [0.4, 0.5) is 0 Å². The van der Waals surface area contributed by atoms with Crippen LogP contribution in [-0.4, -0.2) is 61.6 Å². The Hall–Kier alpha value is -1.12. The number of ether oxygens (including phenoxy) is 1. The number of rotatable bonds is 2. The van der Waals surface area contributed by atoms with Crippen LogP contribution in [0, 0.1) is 16.7 Å². The molecule has 0 aliphatic carbocycles. The van der Waals surface area contributed by atoms with Gasteiger partial charge in [0.15, 0.2) is 0 Å².